The van der Waals surface area contributed by atoms with Crippen molar-refractivity contribution in [2.24, 2.45) is 0 Å². The van der Waals surface area contributed by atoms with Gasteiger partial charge >= 0.3 is 0 Å². The number of unbranched alkanes of at least 4 members (excludes halogenated alkanes) is 3. The highest BCUT2D eigenvalue weighted by Crippen LogP contribution is 1.97. The average molecular weight is 180 g/mol. The van der Waals surface area contributed by atoms with Crippen LogP contribution in [0.4, 0.5) is 0 Å². The van der Waals surface area contributed by atoms with E-state index in [1.165, 1.54) is 19.3 Å². The molecule has 0 aliphatic carbocycles. The lowest BCUT2D eigenvalue weighted by Crippen LogP contribution is -2.30. The van der Waals surface area contributed by atoms with Gasteiger partial charge in [-0.15, -0.1) is 0 Å². The van der Waals surface area contributed by atoms with Crippen molar-refractivity contribution in [3.8, 4) is 0 Å². The normalized spacial score (nSPS) is 10.6. The van der Waals surface area contributed by atoms with Crippen LogP contribution in [0.15, 0.2) is 18.7 Å². The SMILES string of the molecule is [CH2]CCCCC[n+]1ccn(CC)c1. The third-order valence-corrected chi connectivity index (χ3v) is 2.28. The van der Waals surface area contributed by atoms with Crippen molar-refractivity contribution in [3.05, 3.63) is 25.6 Å². The Morgan fingerprint density at radius 3 is 2.77 bits per heavy atom. The summed E-state index contributed by atoms with van der Waals surface area (Å²) in [6.45, 7) is 8.20. The molecule has 0 unspecified atom stereocenters. The van der Waals surface area contributed by atoms with Crippen molar-refractivity contribution in [2.45, 2.75) is 45.7 Å². The molecule has 0 amide bonds. The standard InChI is InChI=1S/C11H20N2/c1-3-5-6-7-8-13-10-9-12(4-2)11-13/h9-11H,1,3-8H2,2H3/q+1. The largest absolute Gasteiger partial charge is 0.243 e. The quantitative estimate of drug-likeness (QED) is 0.469. The number of hydrogen-bond donors (Lipinski definition) is 0. The van der Waals surface area contributed by atoms with Crippen LogP contribution in [0, 0.1) is 6.92 Å². The van der Waals surface area contributed by atoms with Crippen molar-refractivity contribution < 1.29 is 4.57 Å². The van der Waals surface area contributed by atoms with E-state index in [2.05, 4.69) is 41.7 Å². The predicted octanol–water partition coefficient (Wildman–Crippen LogP) is 2.19. The molecule has 1 heterocycles. The third-order valence-electron chi connectivity index (χ3n) is 2.28. The minimum absolute atomic E-state index is 1.06. The van der Waals surface area contributed by atoms with Crippen molar-refractivity contribution in [1.82, 2.24) is 4.57 Å². The van der Waals surface area contributed by atoms with Gasteiger partial charge in [-0.25, -0.2) is 9.13 Å². The molecule has 13 heavy (non-hydrogen) atoms. The van der Waals surface area contributed by atoms with E-state index >= 15 is 0 Å². The molecule has 2 heteroatoms. The fourth-order valence-corrected chi connectivity index (χ4v) is 1.41. The van der Waals surface area contributed by atoms with E-state index in [0.29, 0.717) is 0 Å². The Kier molecular flexibility index (Phi) is 4.58. The van der Waals surface area contributed by atoms with Gasteiger partial charge < -0.3 is 0 Å². The van der Waals surface area contributed by atoms with Crippen LogP contribution in [0.3, 0.4) is 0 Å². The van der Waals surface area contributed by atoms with E-state index in [9.17, 15) is 0 Å². The molecule has 0 N–H and O–H groups in total. The van der Waals surface area contributed by atoms with Gasteiger partial charge in [0, 0.05) is 0 Å². The summed E-state index contributed by atoms with van der Waals surface area (Å²) in [5.74, 6) is 0. The zero-order valence-corrected chi connectivity index (χ0v) is 8.58. The van der Waals surface area contributed by atoms with E-state index in [0.717, 1.165) is 19.5 Å². The molecule has 0 atom stereocenters. The van der Waals surface area contributed by atoms with E-state index in [4.69, 9.17) is 0 Å². The maximum absolute atomic E-state index is 3.84. The zero-order valence-electron chi connectivity index (χ0n) is 8.58. The van der Waals surface area contributed by atoms with Gasteiger partial charge in [0.2, 0.25) is 6.33 Å². The van der Waals surface area contributed by atoms with Gasteiger partial charge in [-0.2, -0.15) is 0 Å². The Bertz CT molecular complexity index is 228. The Morgan fingerprint density at radius 2 is 2.15 bits per heavy atom. The van der Waals surface area contributed by atoms with Gasteiger partial charge in [-0.05, 0) is 19.8 Å². The summed E-state index contributed by atoms with van der Waals surface area (Å²) in [6, 6.07) is 0. The lowest BCUT2D eigenvalue weighted by molar-refractivity contribution is -0.696. The first-order valence-corrected chi connectivity index (χ1v) is 5.21. The molecule has 1 rings (SSSR count). The fraction of sp³-hybridized carbons (Fsp3) is 0.636. The van der Waals surface area contributed by atoms with E-state index in [-0.39, 0.29) is 0 Å². The molecule has 0 bridgehead atoms. The van der Waals surface area contributed by atoms with E-state index in [1.807, 2.05) is 0 Å². The summed E-state index contributed by atoms with van der Waals surface area (Å²) in [7, 11) is 0. The van der Waals surface area contributed by atoms with Gasteiger partial charge in [0.15, 0.2) is 0 Å². The van der Waals surface area contributed by atoms with Crippen molar-refractivity contribution in [3.63, 3.8) is 0 Å². The molecule has 0 spiro atoms. The second-order valence-corrected chi connectivity index (χ2v) is 3.40. The fourth-order valence-electron chi connectivity index (χ4n) is 1.41. The highest BCUT2D eigenvalue weighted by Gasteiger charge is 2.00. The van der Waals surface area contributed by atoms with Crippen LogP contribution in [0.1, 0.15) is 32.6 Å². The predicted molar refractivity (Wildman–Crippen MR) is 54.1 cm³/mol. The molecule has 0 aromatic carbocycles. The van der Waals surface area contributed by atoms with Gasteiger partial charge in [0.25, 0.3) is 0 Å². The first kappa shape index (κ1) is 10.3. The van der Waals surface area contributed by atoms with Crippen LogP contribution in [0.2, 0.25) is 0 Å². The van der Waals surface area contributed by atoms with Crippen LogP contribution >= 0.6 is 0 Å². The molecule has 73 valence electrons. The molecule has 0 aliphatic heterocycles. The van der Waals surface area contributed by atoms with Crippen molar-refractivity contribution in [2.75, 3.05) is 0 Å². The second kappa shape index (κ2) is 5.79. The Labute approximate surface area is 81.2 Å². The van der Waals surface area contributed by atoms with Crippen LogP contribution in [-0.2, 0) is 13.1 Å². The monoisotopic (exact) mass is 180 g/mol. The highest BCUT2D eigenvalue weighted by atomic mass is 15.1. The minimum Gasteiger partial charge on any atom is -0.237 e. The maximum Gasteiger partial charge on any atom is 0.243 e. The third kappa shape index (κ3) is 3.62. The van der Waals surface area contributed by atoms with Crippen LogP contribution in [0.25, 0.3) is 0 Å². The molecule has 0 aliphatic rings. The van der Waals surface area contributed by atoms with Crippen LogP contribution in [-0.4, -0.2) is 4.57 Å². The lowest BCUT2D eigenvalue weighted by Gasteiger charge is -1.95. The number of aromatic nitrogens is 2. The number of nitrogens with zero attached hydrogens (tertiary/aromatic N) is 2. The number of imidazole rings is 1. The summed E-state index contributed by atoms with van der Waals surface area (Å²) >= 11 is 0. The van der Waals surface area contributed by atoms with E-state index in [1.54, 1.807) is 0 Å². The van der Waals surface area contributed by atoms with Crippen molar-refractivity contribution >= 4 is 0 Å². The summed E-state index contributed by atoms with van der Waals surface area (Å²) in [6.07, 6.45) is 11.3. The minimum atomic E-state index is 1.06. The summed E-state index contributed by atoms with van der Waals surface area (Å²) in [5, 5.41) is 0. The zero-order chi connectivity index (χ0) is 9.52. The smallest absolute Gasteiger partial charge is 0.237 e. The Morgan fingerprint density at radius 1 is 1.31 bits per heavy atom. The molecule has 0 saturated carbocycles. The Balaban J connectivity index is 2.20. The molecular weight excluding hydrogens is 160 g/mol. The molecular formula is C11H20N2+. The summed E-state index contributed by atoms with van der Waals surface area (Å²) in [5.41, 5.74) is 0. The first-order valence-electron chi connectivity index (χ1n) is 5.21. The molecule has 1 radical (unpaired) electrons. The topological polar surface area (TPSA) is 8.81 Å². The summed E-state index contributed by atoms with van der Waals surface area (Å²) < 4.78 is 4.45. The average Bonchev–Trinajstić information content (AvgIpc) is 2.60. The van der Waals surface area contributed by atoms with Crippen molar-refractivity contribution in [1.29, 1.82) is 0 Å². The molecule has 0 fully saturated rings. The summed E-state index contributed by atoms with van der Waals surface area (Å²) in [4.78, 5) is 0. The lowest BCUT2D eigenvalue weighted by atomic mass is 10.2. The Hall–Kier alpha value is -0.790. The maximum atomic E-state index is 3.84. The number of rotatable bonds is 6. The van der Waals surface area contributed by atoms with Crippen LogP contribution < -0.4 is 4.57 Å². The first-order chi connectivity index (χ1) is 6.36. The number of aryl methyl sites for hydroxylation is 2. The molecule has 0 saturated heterocycles. The second-order valence-electron chi connectivity index (χ2n) is 3.40. The molecule has 1 aromatic rings. The van der Waals surface area contributed by atoms with Gasteiger partial charge in [-0.3, -0.25) is 0 Å². The van der Waals surface area contributed by atoms with E-state index < -0.39 is 0 Å². The molecule has 2 nitrogen and oxygen atoms in total. The van der Waals surface area contributed by atoms with Gasteiger partial charge in [0.1, 0.15) is 12.4 Å². The molecule has 1 aromatic heterocycles. The van der Waals surface area contributed by atoms with Gasteiger partial charge in [0.05, 0.1) is 13.1 Å². The van der Waals surface area contributed by atoms with Gasteiger partial charge in [-0.1, -0.05) is 19.8 Å². The highest BCUT2D eigenvalue weighted by molar-refractivity contribution is 4.64. The van der Waals surface area contributed by atoms with Crippen LogP contribution in [0.5, 0.6) is 0 Å². The number of hydrogen-bond acceptors (Lipinski definition) is 0.